The average Bonchev–Trinajstić information content (AvgIpc) is 3.10. The van der Waals surface area contributed by atoms with Gasteiger partial charge in [-0.3, -0.25) is 9.69 Å². The summed E-state index contributed by atoms with van der Waals surface area (Å²) in [6.45, 7) is 4.28. The van der Waals surface area contributed by atoms with Crippen LogP contribution in [0.25, 0.3) is 6.08 Å². The van der Waals surface area contributed by atoms with Gasteiger partial charge in [0.1, 0.15) is 12.4 Å². The van der Waals surface area contributed by atoms with Gasteiger partial charge in [0.25, 0.3) is 5.91 Å². The number of rotatable bonds is 5. The molecule has 32 heavy (non-hydrogen) atoms. The molecule has 4 nitrogen and oxygen atoms in total. The average molecular weight is 439 g/mol. The largest absolute Gasteiger partial charge is 0.481 e. The molecule has 0 unspecified atom stereocenters. The summed E-state index contributed by atoms with van der Waals surface area (Å²) in [6.07, 6.45) is 7.11. The van der Waals surface area contributed by atoms with Crippen molar-refractivity contribution in [2.75, 3.05) is 11.5 Å². The van der Waals surface area contributed by atoms with Crippen molar-refractivity contribution in [3.05, 3.63) is 94.4 Å². The van der Waals surface area contributed by atoms with Gasteiger partial charge in [-0.2, -0.15) is 0 Å². The number of anilines is 1. The van der Waals surface area contributed by atoms with Crippen LogP contribution in [0.5, 0.6) is 5.75 Å². The minimum atomic E-state index is -0.0997. The number of amidine groups is 1. The van der Waals surface area contributed by atoms with E-state index >= 15 is 0 Å². The Balaban J connectivity index is 1.68. The third-order valence-corrected chi connectivity index (χ3v) is 5.83. The number of terminal acetylenes is 1. The first-order valence-electron chi connectivity index (χ1n) is 10.2. The fraction of sp³-hybridized carbons (Fsp3) is 0.111. The van der Waals surface area contributed by atoms with Gasteiger partial charge in [0.15, 0.2) is 5.17 Å². The van der Waals surface area contributed by atoms with Crippen LogP contribution in [0.4, 0.5) is 11.4 Å². The number of benzene rings is 3. The lowest BCUT2D eigenvalue weighted by molar-refractivity contribution is -0.113. The van der Waals surface area contributed by atoms with Gasteiger partial charge in [0.05, 0.1) is 16.3 Å². The van der Waals surface area contributed by atoms with Gasteiger partial charge >= 0.3 is 0 Å². The zero-order chi connectivity index (χ0) is 22.5. The van der Waals surface area contributed by atoms with Crippen LogP contribution in [-0.4, -0.2) is 17.7 Å². The minimum absolute atomic E-state index is 0.0997. The maximum absolute atomic E-state index is 13.4. The first kappa shape index (κ1) is 21.5. The number of thioether (sulfide) groups is 1. The molecule has 0 radical (unpaired) electrons. The van der Waals surface area contributed by atoms with E-state index in [2.05, 4.69) is 5.92 Å². The van der Waals surface area contributed by atoms with E-state index in [9.17, 15) is 4.79 Å². The second kappa shape index (κ2) is 9.59. The summed E-state index contributed by atoms with van der Waals surface area (Å²) in [4.78, 5) is 20.4. The predicted octanol–water partition coefficient (Wildman–Crippen LogP) is 6.12. The van der Waals surface area contributed by atoms with E-state index in [0.717, 1.165) is 28.1 Å². The van der Waals surface area contributed by atoms with Crippen LogP contribution < -0.4 is 9.64 Å². The van der Waals surface area contributed by atoms with Crippen LogP contribution >= 0.6 is 11.8 Å². The Bertz CT molecular complexity index is 1220. The number of carbonyl (C=O) groups is 1. The summed E-state index contributed by atoms with van der Waals surface area (Å²) in [5, 5.41) is 0.628. The molecule has 3 aromatic carbocycles. The highest BCUT2D eigenvalue weighted by molar-refractivity contribution is 8.19. The lowest BCUT2D eigenvalue weighted by Gasteiger charge is -2.16. The Hall–Kier alpha value is -3.75. The first-order valence-corrected chi connectivity index (χ1v) is 11.0. The zero-order valence-corrected chi connectivity index (χ0v) is 18.7. The minimum Gasteiger partial charge on any atom is -0.481 e. The Morgan fingerprint density at radius 2 is 1.59 bits per heavy atom. The molecule has 0 atom stereocenters. The van der Waals surface area contributed by atoms with Crippen molar-refractivity contribution in [2.24, 2.45) is 4.99 Å². The third-order valence-electron chi connectivity index (χ3n) is 4.86. The summed E-state index contributed by atoms with van der Waals surface area (Å²) in [6, 6.07) is 23.3. The van der Waals surface area contributed by atoms with E-state index in [1.165, 1.54) is 11.8 Å². The second-order valence-corrected chi connectivity index (χ2v) is 8.39. The van der Waals surface area contributed by atoms with E-state index in [1.807, 2.05) is 92.7 Å². The number of aliphatic imine (C=N–C) groups is 1. The van der Waals surface area contributed by atoms with Crippen molar-refractivity contribution in [3.8, 4) is 18.1 Å². The fourth-order valence-corrected chi connectivity index (χ4v) is 4.14. The predicted molar refractivity (Wildman–Crippen MR) is 133 cm³/mol. The van der Waals surface area contributed by atoms with Crippen LogP contribution in [0.2, 0.25) is 0 Å². The molecule has 5 heteroatoms. The molecule has 158 valence electrons. The fourth-order valence-electron chi connectivity index (χ4n) is 3.14. The topological polar surface area (TPSA) is 41.9 Å². The van der Waals surface area contributed by atoms with Crippen molar-refractivity contribution < 1.29 is 9.53 Å². The van der Waals surface area contributed by atoms with Gasteiger partial charge in [-0.05, 0) is 73.6 Å². The lowest BCUT2D eigenvalue weighted by Crippen LogP contribution is -2.28. The van der Waals surface area contributed by atoms with Crippen LogP contribution in [0.15, 0.2) is 82.7 Å². The summed E-state index contributed by atoms with van der Waals surface area (Å²) < 4.78 is 5.42. The van der Waals surface area contributed by atoms with Crippen LogP contribution in [-0.2, 0) is 4.79 Å². The van der Waals surface area contributed by atoms with Gasteiger partial charge in [0.2, 0.25) is 0 Å². The van der Waals surface area contributed by atoms with Gasteiger partial charge in [-0.15, -0.1) is 6.42 Å². The molecule has 1 saturated heterocycles. The van der Waals surface area contributed by atoms with Crippen LogP contribution in [0, 0.1) is 26.2 Å². The SMILES string of the molecule is C#CCOc1ccc(/C=C2/SC(=Nc3ccc(C)cc3)N(c3ccc(C)cc3)C2=O)cc1. The molecular formula is C27H22N2O2S. The molecule has 1 heterocycles. The number of carbonyl (C=O) groups excluding carboxylic acids is 1. The van der Waals surface area contributed by atoms with Gasteiger partial charge in [0, 0.05) is 0 Å². The highest BCUT2D eigenvalue weighted by atomic mass is 32.2. The van der Waals surface area contributed by atoms with Crippen molar-refractivity contribution in [2.45, 2.75) is 13.8 Å². The molecule has 4 rings (SSSR count). The number of hydrogen-bond acceptors (Lipinski definition) is 4. The molecule has 0 spiro atoms. The molecule has 1 aliphatic rings. The number of nitrogens with zero attached hydrogens (tertiary/aromatic N) is 2. The highest BCUT2D eigenvalue weighted by Gasteiger charge is 2.34. The molecule has 1 fully saturated rings. The standard InChI is InChI=1S/C27H22N2O2S/c1-4-17-31-24-15-9-21(10-16-24)18-25-26(30)29(23-13-7-20(3)8-14-23)27(32-25)28-22-11-5-19(2)6-12-22/h1,5-16,18H,17H2,2-3H3/b25-18+,28-27?. The van der Waals surface area contributed by atoms with Gasteiger partial charge < -0.3 is 4.74 Å². The Kier molecular flexibility index (Phi) is 6.44. The van der Waals surface area contributed by atoms with E-state index in [-0.39, 0.29) is 12.5 Å². The Morgan fingerprint density at radius 1 is 0.969 bits per heavy atom. The van der Waals surface area contributed by atoms with Crippen molar-refractivity contribution in [1.29, 1.82) is 0 Å². The molecule has 1 amide bonds. The first-order chi connectivity index (χ1) is 15.5. The van der Waals surface area contributed by atoms with Crippen molar-refractivity contribution in [3.63, 3.8) is 0 Å². The van der Waals surface area contributed by atoms with E-state index < -0.39 is 0 Å². The molecule has 3 aromatic rings. The summed E-state index contributed by atoms with van der Waals surface area (Å²) >= 11 is 1.37. The third kappa shape index (κ3) is 4.93. The summed E-state index contributed by atoms with van der Waals surface area (Å²) in [7, 11) is 0. The Morgan fingerprint density at radius 3 is 2.22 bits per heavy atom. The summed E-state index contributed by atoms with van der Waals surface area (Å²) in [5.41, 5.74) is 4.79. The van der Waals surface area contributed by atoms with Gasteiger partial charge in [-0.25, -0.2) is 4.99 Å². The lowest BCUT2D eigenvalue weighted by atomic mass is 10.2. The number of ether oxygens (including phenoxy) is 1. The van der Waals surface area contributed by atoms with Crippen molar-refractivity contribution in [1.82, 2.24) is 0 Å². The maximum Gasteiger partial charge on any atom is 0.271 e. The molecule has 0 aliphatic carbocycles. The van der Waals surface area contributed by atoms with E-state index in [4.69, 9.17) is 16.2 Å². The van der Waals surface area contributed by atoms with E-state index in [0.29, 0.717) is 15.8 Å². The second-order valence-electron chi connectivity index (χ2n) is 7.38. The number of aryl methyl sites for hydroxylation is 2. The molecule has 0 saturated carbocycles. The molecule has 1 aliphatic heterocycles. The monoisotopic (exact) mass is 438 g/mol. The van der Waals surface area contributed by atoms with Gasteiger partial charge in [-0.1, -0.05) is 53.4 Å². The molecule has 0 aromatic heterocycles. The molecular weight excluding hydrogens is 416 g/mol. The normalized spacial score (nSPS) is 15.9. The smallest absolute Gasteiger partial charge is 0.271 e. The quantitative estimate of drug-likeness (QED) is 0.356. The Labute approximate surface area is 192 Å². The maximum atomic E-state index is 13.4. The molecule has 0 N–H and O–H groups in total. The molecule has 0 bridgehead atoms. The highest BCUT2D eigenvalue weighted by Crippen LogP contribution is 2.37. The van der Waals surface area contributed by atoms with Crippen molar-refractivity contribution >= 4 is 40.3 Å². The summed E-state index contributed by atoms with van der Waals surface area (Å²) in [5.74, 6) is 3.04. The van der Waals surface area contributed by atoms with Crippen LogP contribution in [0.1, 0.15) is 16.7 Å². The van der Waals surface area contributed by atoms with E-state index in [1.54, 1.807) is 4.90 Å². The number of amides is 1. The van der Waals surface area contributed by atoms with Crippen LogP contribution in [0.3, 0.4) is 0 Å². The zero-order valence-electron chi connectivity index (χ0n) is 17.9. The number of hydrogen-bond donors (Lipinski definition) is 0.